The summed E-state index contributed by atoms with van der Waals surface area (Å²) in [6.07, 6.45) is 1.94. The molecule has 0 spiro atoms. The molecule has 0 aliphatic heterocycles. The molecule has 2 N–H and O–H groups in total. The van der Waals surface area contributed by atoms with Crippen molar-refractivity contribution in [2.45, 2.75) is 208 Å². The van der Waals surface area contributed by atoms with Gasteiger partial charge in [-0.05, 0) is 210 Å². The molecule has 0 radical (unpaired) electrons. The molecule has 2 aromatic heterocycles. The zero-order valence-corrected chi connectivity index (χ0v) is 63.5. The first-order valence-corrected chi connectivity index (χ1v) is 36.8. The Morgan fingerprint density at radius 2 is 0.549 bits per heavy atom. The van der Waals surface area contributed by atoms with E-state index >= 15 is 0 Å². The summed E-state index contributed by atoms with van der Waals surface area (Å²) < 4.78 is 4.48. The SMILES string of the molecule is CC(C)(C)CC(C)(C)c1cc(-c2cc(Cl)cc(Cl)c2)c(O)c(-n2c3ccc(C(C)(C)C)cc3c3cc(C(C)(C)C)ccc32)c1.CC(C)(C)CC(C)(C)c1cc(-c2cc(Cl)cc(Cl)c2)c(O)c(-n2c3ccc(C(C)(C)C)cc3c3cc(C(C)(C)C)ccc32)c1.[CH3][Ti][CH3]. The first-order valence-electron chi connectivity index (χ1n) is 32.2. The predicted octanol–water partition coefficient (Wildman–Crippen LogP) is 26.7. The van der Waals surface area contributed by atoms with Crippen LogP contribution in [0.1, 0.15) is 199 Å². The first kappa shape index (κ1) is 71.7. The van der Waals surface area contributed by atoms with Crippen molar-refractivity contribution in [1.82, 2.24) is 9.13 Å². The van der Waals surface area contributed by atoms with Gasteiger partial charge < -0.3 is 19.3 Å². The van der Waals surface area contributed by atoms with Gasteiger partial charge >= 0.3 is 29.6 Å². The predicted molar refractivity (Wildman–Crippen MR) is 397 cm³/mol. The van der Waals surface area contributed by atoms with Gasteiger partial charge in [-0.1, -0.05) is 223 Å². The van der Waals surface area contributed by atoms with Gasteiger partial charge in [-0.25, -0.2) is 0 Å². The van der Waals surface area contributed by atoms with E-state index in [1.54, 1.807) is 12.1 Å². The van der Waals surface area contributed by atoms with E-state index in [1.165, 1.54) is 43.8 Å². The van der Waals surface area contributed by atoms with Gasteiger partial charge in [0.05, 0.1) is 33.4 Å². The van der Waals surface area contributed by atoms with Gasteiger partial charge in [0.1, 0.15) is 11.5 Å². The maximum atomic E-state index is 12.2. The second-order valence-electron chi connectivity index (χ2n) is 33.4. The number of benzene rings is 8. The second kappa shape index (κ2) is 25.9. The van der Waals surface area contributed by atoms with Crippen LogP contribution in [0, 0.1) is 10.8 Å². The van der Waals surface area contributed by atoms with E-state index < -0.39 is 0 Å². The molecule has 0 saturated heterocycles. The number of aromatic hydroxyl groups is 2. The number of phenols is 2. The number of phenolic OH excluding ortho intramolecular Hbond substituents is 2. The van der Waals surface area contributed by atoms with E-state index in [2.05, 4.69) is 269 Å². The van der Waals surface area contributed by atoms with E-state index in [4.69, 9.17) is 46.4 Å². The molecule has 0 aliphatic rings. The molecule has 0 amide bonds. The van der Waals surface area contributed by atoms with Crippen LogP contribution in [-0.2, 0) is 51.6 Å². The Morgan fingerprint density at radius 1 is 0.319 bits per heavy atom. The molecule has 8 aromatic carbocycles. The number of hydrogen-bond donors (Lipinski definition) is 2. The molecule has 0 fully saturated rings. The summed E-state index contributed by atoms with van der Waals surface area (Å²) >= 11 is 26.5. The van der Waals surface area contributed by atoms with Crippen LogP contribution >= 0.6 is 46.4 Å². The molecule has 91 heavy (non-hydrogen) atoms. The van der Waals surface area contributed by atoms with Crippen molar-refractivity contribution in [3.05, 3.63) is 187 Å². The van der Waals surface area contributed by atoms with Crippen LogP contribution in [0.2, 0.25) is 30.5 Å². The molecule has 0 bridgehead atoms. The van der Waals surface area contributed by atoms with Gasteiger partial charge in [0.25, 0.3) is 0 Å². The van der Waals surface area contributed by atoms with Crippen LogP contribution in [0.3, 0.4) is 0 Å². The molecular weight excluding hydrogens is 1230 g/mol. The summed E-state index contributed by atoms with van der Waals surface area (Å²) in [5, 5.41) is 35.8. The van der Waals surface area contributed by atoms with Gasteiger partial charge in [-0.15, -0.1) is 0 Å². The summed E-state index contributed by atoms with van der Waals surface area (Å²) in [6.45, 7) is 49.9. The van der Waals surface area contributed by atoms with Crippen LogP contribution in [0.25, 0.3) is 77.2 Å². The number of rotatable bonds is 8. The number of hydrogen-bond acceptors (Lipinski definition) is 2. The van der Waals surface area contributed by atoms with Crippen molar-refractivity contribution >= 4 is 90.0 Å². The second-order valence-corrected chi connectivity index (χ2v) is 36.7. The number of nitrogens with zero attached hydrogens (tertiary/aromatic N) is 2. The summed E-state index contributed by atoms with van der Waals surface area (Å²) in [4.78, 5) is 0. The Kier molecular flexibility index (Phi) is 20.4. The van der Waals surface area contributed by atoms with Crippen molar-refractivity contribution in [3.63, 3.8) is 0 Å². The van der Waals surface area contributed by atoms with Crippen molar-refractivity contribution in [1.29, 1.82) is 0 Å². The fourth-order valence-corrected chi connectivity index (χ4v) is 14.6. The Bertz CT molecular complexity index is 3900. The Morgan fingerprint density at radius 3 is 0.758 bits per heavy atom. The average molecular weight is 1340 g/mol. The van der Waals surface area contributed by atoms with Crippen LogP contribution in [0.5, 0.6) is 11.5 Å². The van der Waals surface area contributed by atoms with Crippen LogP contribution in [-0.4, -0.2) is 19.3 Å². The molecule has 0 unspecified atom stereocenters. The zero-order chi connectivity index (χ0) is 67.8. The summed E-state index contributed by atoms with van der Waals surface area (Å²) in [6, 6.07) is 46.7. The third kappa shape index (κ3) is 16.0. The molecular formula is C82H100Cl4N2O2Ti. The van der Waals surface area contributed by atoms with Crippen LogP contribution < -0.4 is 0 Å². The van der Waals surface area contributed by atoms with Gasteiger partial charge in [-0.3, -0.25) is 0 Å². The first-order chi connectivity index (χ1) is 41.7. The molecule has 0 saturated carbocycles. The van der Waals surface area contributed by atoms with E-state index in [-0.39, 0.29) is 54.8 Å². The van der Waals surface area contributed by atoms with Crippen molar-refractivity contribution in [2.24, 2.45) is 10.8 Å². The number of aromatic nitrogens is 2. The summed E-state index contributed by atoms with van der Waals surface area (Å²) in [7, 11) is 0. The zero-order valence-electron chi connectivity index (χ0n) is 58.9. The Hall–Kier alpha value is -5.17. The molecule has 0 atom stereocenters. The molecule has 10 rings (SSSR count). The third-order valence-electron chi connectivity index (χ3n) is 17.5. The van der Waals surface area contributed by atoms with E-state index in [0.717, 1.165) is 79.7 Å². The molecule has 482 valence electrons. The molecule has 0 aliphatic carbocycles. The minimum atomic E-state index is -0.171. The molecule has 4 nitrogen and oxygen atoms in total. The number of halogens is 4. The van der Waals surface area contributed by atoms with Gasteiger partial charge in [0, 0.05) is 52.8 Å². The Labute approximate surface area is 575 Å². The van der Waals surface area contributed by atoms with Crippen molar-refractivity contribution < 1.29 is 29.4 Å². The topological polar surface area (TPSA) is 50.3 Å². The van der Waals surface area contributed by atoms with Gasteiger partial charge in [0.2, 0.25) is 0 Å². The van der Waals surface area contributed by atoms with Crippen molar-refractivity contribution in [3.8, 4) is 45.1 Å². The molecule has 10 aromatic rings. The van der Waals surface area contributed by atoms with Crippen LogP contribution in [0.15, 0.2) is 133 Å². The monoisotopic (exact) mass is 1330 g/mol. The summed E-state index contributed by atoms with van der Waals surface area (Å²) in [5.41, 5.74) is 16.1. The average Bonchev–Trinajstić information content (AvgIpc) is 1.62. The van der Waals surface area contributed by atoms with E-state index in [0.29, 0.717) is 39.2 Å². The van der Waals surface area contributed by atoms with Gasteiger partial charge in [0.15, 0.2) is 0 Å². The van der Waals surface area contributed by atoms with Crippen molar-refractivity contribution in [2.75, 3.05) is 0 Å². The number of fused-ring (bicyclic) bond motifs is 6. The molecule has 2 heterocycles. The standard InChI is InChI=1S/2C40H47Cl2NO.2CH3.Ti/c2*1-37(2,3)23-40(10,11)27-20-30(24-16-28(41)22-29(42)17-24)36(44)35(21-27)43-33-14-12-25(38(4,5)6)18-31(33)32-19-26(39(7,8)9)13-15-34(32)43;;;/h2*12-22,44H,23H2,1-11H3;2*1H3;. The fourth-order valence-electron chi connectivity index (χ4n) is 13.5. The molecule has 9 heteroatoms. The normalized spacial score (nSPS) is 13.0. The quantitative estimate of drug-likeness (QED) is 0.149. The fraction of sp³-hybridized carbons (Fsp3) is 0.415. The van der Waals surface area contributed by atoms with Crippen LogP contribution in [0.4, 0.5) is 0 Å². The van der Waals surface area contributed by atoms with E-state index in [1.807, 2.05) is 24.3 Å². The third-order valence-corrected chi connectivity index (χ3v) is 18.4. The van der Waals surface area contributed by atoms with E-state index in [9.17, 15) is 10.2 Å². The Balaban J connectivity index is 0.000000225. The van der Waals surface area contributed by atoms with Gasteiger partial charge in [-0.2, -0.15) is 0 Å². The summed E-state index contributed by atoms with van der Waals surface area (Å²) in [5.74, 6) is 0.412. The maximum absolute atomic E-state index is 12.2. The minimum absolute atomic E-state index is 0.00228.